The molecule has 5 nitrogen and oxygen atoms in total. The third-order valence-electron chi connectivity index (χ3n) is 4.53. The molecule has 1 heterocycles. The van der Waals surface area contributed by atoms with Crippen molar-refractivity contribution in [2.75, 3.05) is 18.4 Å². The van der Waals surface area contributed by atoms with Crippen LogP contribution in [0, 0.1) is 5.92 Å². The molecule has 2 aromatic rings. The number of hydrogen-bond donors (Lipinski definition) is 2. The Labute approximate surface area is 147 Å². The van der Waals surface area contributed by atoms with Crippen LogP contribution in [0.1, 0.15) is 17.5 Å². The van der Waals surface area contributed by atoms with Crippen LogP contribution in [0.3, 0.4) is 0 Å². The maximum Gasteiger partial charge on any atom is 0.308 e. The molecule has 0 saturated carbocycles. The van der Waals surface area contributed by atoms with Gasteiger partial charge in [0.2, 0.25) is 5.91 Å². The Bertz CT molecular complexity index is 746. The lowest BCUT2D eigenvalue weighted by Gasteiger charge is -2.30. The van der Waals surface area contributed by atoms with Gasteiger partial charge in [0.05, 0.1) is 5.92 Å². The number of carbonyl (C=O) groups is 2. The summed E-state index contributed by atoms with van der Waals surface area (Å²) in [6.45, 7) is 1.94. The van der Waals surface area contributed by atoms with Gasteiger partial charge in [-0.15, -0.1) is 0 Å². The lowest BCUT2D eigenvalue weighted by Crippen LogP contribution is -2.38. The zero-order chi connectivity index (χ0) is 17.6. The number of para-hydroxylation sites is 1. The molecule has 25 heavy (non-hydrogen) atoms. The summed E-state index contributed by atoms with van der Waals surface area (Å²) in [6, 6.07) is 17.3. The molecule has 0 saturated heterocycles. The number of amides is 1. The lowest BCUT2D eigenvalue weighted by molar-refractivity contribution is -0.144. The average Bonchev–Trinajstić information content (AvgIpc) is 2.62. The number of aliphatic carboxylic acids is 1. The van der Waals surface area contributed by atoms with Gasteiger partial charge in [0.15, 0.2) is 0 Å². The minimum absolute atomic E-state index is 0.0254. The molecule has 1 aliphatic rings. The minimum Gasteiger partial charge on any atom is -0.481 e. The highest BCUT2D eigenvalue weighted by Gasteiger charge is 2.26. The topological polar surface area (TPSA) is 69.6 Å². The van der Waals surface area contributed by atoms with Crippen LogP contribution in [0.5, 0.6) is 0 Å². The van der Waals surface area contributed by atoms with Crippen LogP contribution in [-0.4, -0.2) is 35.0 Å². The molecule has 0 radical (unpaired) electrons. The summed E-state index contributed by atoms with van der Waals surface area (Å²) < 4.78 is 0. The van der Waals surface area contributed by atoms with Crippen LogP contribution >= 0.6 is 0 Å². The Morgan fingerprint density at radius 2 is 1.72 bits per heavy atom. The fraction of sp³-hybridized carbons (Fsp3) is 0.300. The molecule has 0 bridgehead atoms. The second-order valence-corrected chi connectivity index (χ2v) is 6.41. The first-order valence-electron chi connectivity index (χ1n) is 8.48. The van der Waals surface area contributed by atoms with Gasteiger partial charge in [0.1, 0.15) is 0 Å². The van der Waals surface area contributed by atoms with Crippen molar-refractivity contribution >= 4 is 17.6 Å². The Morgan fingerprint density at radius 3 is 2.44 bits per heavy atom. The largest absolute Gasteiger partial charge is 0.481 e. The van der Waals surface area contributed by atoms with E-state index in [4.69, 9.17) is 0 Å². The van der Waals surface area contributed by atoms with Crippen molar-refractivity contribution in [1.29, 1.82) is 0 Å². The van der Waals surface area contributed by atoms with Gasteiger partial charge >= 0.3 is 5.97 Å². The first-order valence-corrected chi connectivity index (χ1v) is 8.48. The van der Waals surface area contributed by atoms with Crippen molar-refractivity contribution in [3.05, 3.63) is 65.7 Å². The molecule has 0 aliphatic carbocycles. The number of anilines is 1. The van der Waals surface area contributed by atoms with Crippen molar-refractivity contribution in [3.8, 4) is 0 Å². The number of carboxylic acid groups (broad SMARTS) is 1. The summed E-state index contributed by atoms with van der Waals surface area (Å²) in [6.07, 6.45) is 0.890. The molecule has 2 N–H and O–H groups in total. The van der Waals surface area contributed by atoms with Crippen molar-refractivity contribution < 1.29 is 14.7 Å². The van der Waals surface area contributed by atoms with Crippen molar-refractivity contribution in [1.82, 2.24) is 4.90 Å². The predicted octanol–water partition coefficient (Wildman–Crippen LogP) is 2.77. The number of nitrogens with one attached hydrogen (secondary N) is 1. The van der Waals surface area contributed by atoms with E-state index in [1.54, 1.807) is 12.1 Å². The van der Waals surface area contributed by atoms with Gasteiger partial charge in [-0.3, -0.25) is 14.5 Å². The van der Waals surface area contributed by atoms with Crippen molar-refractivity contribution in [2.24, 2.45) is 5.92 Å². The van der Waals surface area contributed by atoms with E-state index in [9.17, 15) is 14.7 Å². The summed E-state index contributed by atoms with van der Waals surface area (Å²) in [5.74, 6) is -1.91. The van der Waals surface area contributed by atoms with Gasteiger partial charge in [-0.1, -0.05) is 42.5 Å². The number of nitrogens with zero attached hydrogens (tertiary/aromatic N) is 1. The number of carbonyl (C=O) groups excluding carboxylic acids is 1. The fourth-order valence-corrected chi connectivity index (χ4v) is 3.21. The maximum atomic E-state index is 12.2. The predicted molar refractivity (Wildman–Crippen MR) is 96.2 cm³/mol. The number of rotatable bonds is 6. The van der Waals surface area contributed by atoms with Crippen molar-refractivity contribution in [2.45, 2.75) is 19.4 Å². The Balaban J connectivity index is 1.58. The summed E-state index contributed by atoms with van der Waals surface area (Å²) in [7, 11) is 0. The van der Waals surface area contributed by atoms with E-state index in [0.29, 0.717) is 12.2 Å². The molecule has 130 valence electrons. The minimum atomic E-state index is -0.929. The lowest BCUT2D eigenvalue weighted by atomic mass is 9.97. The Hall–Kier alpha value is -2.66. The quantitative estimate of drug-likeness (QED) is 0.850. The molecule has 0 unspecified atom stereocenters. The Kier molecular flexibility index (Phi) is 5.46. The van der Waals surface area contributed by atoms with E-state index in [-0.39, 0.29) is 12.3 Å². The number of benzene rings is 2. The number of hydrogen-bond acceptors (Lipinski definition) is 3. The molecule has 1 amide bonds. The van der Waals surface area contributed by atoms with E-state index in [0.717, 1.165) is 19.5 Å². The van der Waals surface area contributed by atoms with E-state index in [1.165, 1.54) is 11.1 Å². The van der Waals surface area contributed by atoms with Crippen LogP contribution in [0.4, 0.5) is 5.69 Å². The normalized spacial score (nSPS) is 15.2. The molecule has 0 fully saturated rings. The first kappa shape index (κ1) is 17.2. The van der Waals surface area contributed by atoms with Gasteiger partial charge in [-0.2, -0.15) is 0 Å². The van der Waals surface area contributed by atoms with Crippen LogP contribution in [-0.2, 0) is 22.6 Å². The molecule has 0 aromatic heterocycles. The van der Waals surface area contributed by atoms with Gasteiger partial charge < -0.3 is 10.4 Å². The third-order valence-corrected chi connectivity index (χ3v) is 4.53. The van der Waals surface area contributed by atoms with E-state index in [2.05, 4.69) is 22.3 Å². The Morgan fingerprint density at radius 1 is 1.04 bits per heavy atom. The number of fused-ring (bicyclic) bond motifs is 1. The van der Waals surface area contributed by atoms with Gasteiger partial charge in [0, 0.05) is 31.7 Å². The average molecular weight is 338 g/mol. The summed E-state index contributed by atoms with van der Waals surface area (Å²) in [5, 5.41) is 12.3. The number of carboxylic acids is 1. The highest BCUT2D eigenvalue weighted by Crippen LogP contribution is 2.20. The van der Waals surface area contributed by atoms with Crippen LogP contribution in [0.2, 0.25) is 0 Å². The highest BCUT2D eigenvalue weighted by molar-refractivity contribution is 5.93. The molecular formula is C20H22N2O3. The molecule has 3 rings (SSSR count). The fourth-order valence-electron chi connectivity index (χ4n) is 3.21. The molecule has 2 aromatic carbocycles. The molecule has 1 aliphatic heterocycles. The standard InChI is InChI=1S/C20H22N2O3/c23-19(21-18-8-2-1-3-9-18)12-17(20(24)25)14-22-11-10-15-6-4-5-7-16(15)13-22/h1-9,17H,10-14H2,(H,21,23)(H,24,25)/t17-/m0/s1. The smallest absolute Gasteiger partial charge is 0.308 e. The maximum absolute atomic E-state index is 12.2. The van der Waals surface area contributed by atoms with E-state index in [1.807, 2.05) is 30.3 Å². The van der Waals surface area contributed by atoms with E-state index < -0.39 is 11.9 Å². The van der Waals surface area contributed by atoms with Gasteiger partial charge in [0.25, 0.3) is 0 Å². The summed E-state index contributed by atoms with van der Waals surface area (Å²) in [4.78, 5) is 25.9. The zero-order valence-corrected chi connectivity index (χ0v) is 14.0. The second-order valence-electron chi connectivity index (χ2n) is 6.41. The molecule has 1 atom stereocenters. The SMILES string of the molecule is O=C(C[C@@H](CN1CCc2ccccc2C1)C(=O)O)Nc1ccccc1. The van der Waals surface area contributed by atoms with Crippen LogP contribution in [0.25, 0.3) is 0 Å². The second kappa shape index (κ2) is 7.94. The monoisotopic (exact) mass is 338 g/mol. The molecule has 5 heteroatoms. The van der Waals surface area contributed by atoms with Gasteiger partial charge in [-0.05, 0) is 29.7 Å². The third kappa shape index (κ3) is 4.67. The zero-order valence-electron chi connectivity index (χ0n) is 14.0. The highest BCUT2D eigenvalue weighted by atomic mass is 16.4. The molecular weight excluding hydrogens is 316 g/mol. The van der Waals surface area contributed by atoms with E-state index >= 15 is 0 Å². The van der Waals surface area contributed by atoms with Crippen LogP contribution < -0.4 is 5.32 Å². The van der Waals surface area contributed by atoms with Crippen LogP contribution in [0.15, 0.2) is 54.6 Å². The van der Waals surface area contributed by atoms with Gasteiger partial charge in [-0.25, -0.2) is 0 Å². The van der Waals surface area contributed by atoms with Crippen molar-refractivity contribution in [3.63, 3.8) is 0 Å². The molecule has 0 spiro atoms. The summed E-state index contributed by atoms with van der Waals surface area (Å²) in [5.41, 5.74) is 3.25. The summed E-state index contributed by atoms with van der Waals surface area (Å²) >= 11 is 0. The first-order chi connectivity index (χ1) is 12.1.